The predicted molar refractivity (Wildman–Crippen MR) is 108 cm³/mol. The third-order valence-electron chi connectivity index (χ3n) is 4.63. The highest BCUT2D eigenvalue weighted by Crippen LogP contribution is 2.36. The molecular formula is C22H14O7S. The molecule has 0 amide bonds. The summed E-state index contributed by atoms with van der Waals surface area (Å²) in [5.74, 6) is 1.22. The van der Waals surface area contributed by atoms with Gasteiger partial charge in [0, 0.05) is 11.5 Å². The normalized spacial score (nSPS) is 12.8. The average Bonchev–Trinajstić information content (AvgIpc) is 3.21. The summed E-state index contributed by atoms with van der Waals surface area (Å²) in [6, 6.07) is 19.2. The molecule has 1 aliphatic rings. The van der Waals surface area contributed by atoms with Crippen LogP contribution in [0, 0.1) is 0 Å². The van der Waals surface area contributed by atoms with E-state index < -0.39 is 15.7 Å². The number of fused-ring (bicyclic) bond motifs is 2. The molecule has 2 heterocycles. The summed E-state index contributed by atoms with van der Waals surface area (Å²) in [6.45, 7) is 0.139. The van der Waals surface area contributed by atoms with Gasteiger partial charge in [-0.25, -0.2) is 4.79 Å². The Balaban J connectivity index is 1.51. The van der Waals surface area contributed by atoms with Gasteiger partial charge in [0.25, 0.3) is 0 Å². The van der Waals surface area contributed by atoms with E-state index in [0.717, 1.165) is 0 Å². The van der Waals surface area contributed by atoms with E-state index in [0.29, 0.717) is 28.0 Å². The van der Waals surface area contributed by atoms with Crippen molar-refractivity contribution in [3.8, 4) is 28.4 Å². The average molecular weight is 422 g/mol. The van der Waals surface area contributed by atoms with E-state index in [1.165, 1.54) is 24.3 Å². The van der Waals surface area contributed by atoms with Gasteiger partial charge in [0.05, 0.1) is 5.56 Å². The first kappa shape index (κ1) is 18.3. The van der Waals surface area contributed by atoms with Crippen molar-refractivity contribution in [2.24, 2.45) is 0 Å². The molecule has 0 spiro atoms. The number of ether oxygens (including phenoxy) is 2. The number of hydrogen-bond acceptors (Lipinski definition) is 7. The van der Waals surface area contributed by atoms with Crippen LogP contribution >= 0.6 is 0 Å². The van der Waals surface area contributed by atoms with E-state index in [1.54, 1.807) is 48.5 Å². The number of rotatable bonds is 4. The van der Waals surface area contributed by atoms with Gasteiger partial charge in [-0.3, -0.25) is 0 Å². The number of hydrogen-bond donors (Lipinski definition) is 0. The third kappa shape index (κ3) is 3.27. The molecule has 1 aromatic heterocycles. The van der Waals surface area contributed by atoms with Crippen molar-refractivity contribution in [2.45, 2.75) is 4.90 Å². The van der Waals surface area contributed by atoms with E-state index >= 15 is 0 Å². The largest absolute Gasteiger partial charge is 0.454 e. The minimum absolute atomic E-state index is 0.0321. The van der Waals surface area contributed by atoms with Crippen molar-refractivity contribution < 1.29 is 26.5 Å². The van der Waals surface area contributed by atoms with Crippen LogP contribution in [0.15, 0.2) is 86.9 Å². The molecule has 0 saturated carbocycles. The Morgan fingerprint density at radius 2 is 1.63 bits per heavy atom. The first-order chi connectivity index (χ1) is 14.5. The van der Waals surface area contributed by atoms with Gasteiger partial charge in [-0.1, -0.05) is 24.3 Å². The van der Waals surface area contributed by atoms with Crippen LogP contribution in [0.4, 0.5) is 0 Å². The lowest BCUT2D eigenvalue weighted by Crippen LogP contribution is -2.09. The lowest BCUT2D eigenvalue weighted by Gasteiger charge is -2.08. The quantitative estimate of drug-likeness (QED) is 0.363. The molecule has 0 saturated heterocycles. The van der Waals surface area contributed by atoms with Gasteiger partial charge in [0.15, 0.2) is 11.5 Å². The molecule has 7 nitrogen and oxygen atoms in total. The summed E-state index contributed by atoms with van der Waals surface area (Å²) >= 11 is 0. The lowest BCUT2D eigenvalue weighted by molar-refractivity contribution is 0.174. The maximum absolute atomic E-state index is 12.6. The Labute approximate surface area is 171 Å². The lowest BCUT2D eigenvalue weighted by atomic mass is 10.1. The summed E-state index contributed by atoms with van der Waals surface area (Å²) in [5, 5.41) is 0.617. The van der Waals surface area contributed by atoms with Crippen LogP contribution in [0.5, 0.6) is 17.2 Å². The van der Waals surface area contributed by atoms with E-state index in [1.807, 2.05) is 0 Å². The zero-order valence-electron chi connectivity index (χ0n) is 15.4. The van der Waals surface area contributed by atoms with Crippen molar-refractivity contribution in [1.29, 1.82) is 0 Å². The van der Waals surface area contributed by atoms with Crippen LogP contribution in [0.25, 0.3) is 22.1 Å². The molecule has 150 valence electrons. The molecule has 5 rings (SSSR count). The van der Waals surface area contributed by atoms with Gasteiger partial charge in [0.2, 0.25) is 6.79 Å². The summed E-state index contributed by atoms with van der Waals surface area (Å²) in [4.78, 5) is 12.6. The fraction of sp³-hybridized carbons (Fsp3) is 0.0455. The molecule has 0 atom stereocenters. The molecular weight excluding hydrogens is 408 g/mol. The fourth-order valence-corrected chi connectivity index (χ4v) is 4.11. The van der Waals surface area contributed by atoms with Gasteiger partial charge >= 0.3 is 15.7 Å². The minimum Gasteiger partial charge on any atom is -0.454 e. The van der Waals surface area contributed by atoms with Crippen LogP contribution < -0.4 is 19.3 Å². The molecule has 0 aliphatic carbocycles. The summed E-state index contributed by atoms with van der Waals surface area (Å²) < 4.78 is 46.1. The molecule has 0 bridgehead atoms. The molecule has 3 aromatic carbocycles. The molecule has 0 unspecified atom stereocenters. The van der Waals surface area contributed by atoms with Crippen molar-refractivity contribution in [3.05, 3.63) is 83.2 Å². The smallest absolute Gasteiger partial charge is 0.344 e. The topological polar surface area (TPSA) is 92.0 Å². The second kappa shape index (κ2) is 6.93. The van der Waals surface area contributed by atoms with Crippen LogP contribution in [0.1, 0.15) is 0 Å². The van der Waals surface area contributed by atoms with Crippen molar-refractivity contribution in [2.75, 3.05) is 6.79 Å². The monoisotopic (exact) mass is 422 g/mol. The van der Waals surface area contributed by atoms with Gasteiger partial charge in [-0.15, -0.1) is 0 Å². The van der Waals surface area contributed by atoms with E-state index in [2.05, 4.69) is 0 Å². The van der Waals surface area contributed by atoms with Gasteiger partial charge < -0.3 is 18.1 Å². The molecule has 1 aliphatic heterocycles. The highest BCUT2D eigenvalue weighted by atomic mass is 32.2. The van der Waals surface area contributed by atoms with Gasteiger partial charge in [-0.2, -0.15) is 8.42 Å². The maximum Gasteiger partial charge on any atom is 0.344 e. The molecule has 4 aromatic rings. The van der Waals surface area contributed by atoms with E-state index in [9.17, 15) is 13.2 Å². The first-order valence-electron chi connectivity index (χ1n) is 8.97. The molecule has 0 N–H and O–H groups in total. The van der Waals surface area contributed by atoms with Crippen molar-refractivity contribution in [3.63, 3.8) is 0 Å². The molecule has 0 radical (unpaired) electrons. The van der Waals surface area contributed by atoms with Crippen LogP contribution in [0.2, 0.25) is 0 Å². The summed E-state index contributed by atoms with van der Waals surface area (Å²) in [5.41, 5.74) is 0.628. The summed E-state index contributed by atoms with van der Waals surface area (Å²) in [6.07, 6.45) is 0. The Morgan fingerprint density at radius 3 is 2.47 bits per heavy atom. The van der Waals surface area contributed by atoms with E-state index in [-0.39, 0.29) is 23.0 Å². The highest BCUT2D eigenvalue weighted by Gasteiger charge is 2.18. The van der Waals surface area contributed by atoms with Crippen LogP contribution in [-0.4, -0.2) is 15.2 Å². The second-order valence-corrected chi connectivity index (χ2v) is 8.11. The zero-order chi connectivity index (χ0) is 20.7. The molecule has 8 heteroatoms. The van der Waals surface area contributed by atoms with Crippen LogP contribution in [0.3, 0.4) is 0 Å². The third-order valence-corrected chi connectivity index (χ3v) is 5.89. The van der Waals surface area contributed by atoms with Crippen molar-refractivity contribution >= 4 is 21.1 Å². The highest BCUT2D eigenvalue weighted by molar-refractivity contribution is 7.87. The van der Waals surface area contributed by atoms with Crippen LogP contribution in [-0.2, 0) is 10.1 Å². The maximum atomic E-state index is 12.6. The Morgan fingerprint density at radius 1 is 0.833 bits per heavy atom. The predicted octanol–water partition coefficient (Wildman–Crippen LogP) is 3.96. The molecule has 0 fully saturated rings. The Hall–Kier alpha value is -3.78. The zero-order valence-corrected chi connectivity index (χ0v) is 16.2. The Bertz CT molecular complexity index is 1420. The van der Waals surface area contributed by atoms with E-state index in [4.69, 9.17) is 18.1 Å². The molecule has 30 heavy (non-hydrogen) atoms. The first-order valence-corrected chi connectivity index (χ1v) is 10.4. The Kier molecular flexibility index (Phi) is 4.22. The standard InChI is InChI=1S/C22H14O7S/c23-22-18(14-7-9-19-21(11-14)27-13-26-19)10-15-6-8-16(12-20(15)28-22)29-30(24,25)17-4-2-1-3-5-17/h1-12H,13H2. The van der Waals surface area contributed by atoms with Gasteiger partial charge in [-0.05, 0) is 48.0 Å². The summed E-state index contributed by atoms with van der Waals surface area (Å²) in [7, 11) is -3.99. The fourth-order valence-electron chi connectivity index (χ4n) is 3.17. The number of benzene rings is 3. The van der Waals surface area contributed by atoms with Crippen molar-refractivity contribution in [1.82, 2.24) is 0 Å². The van der Waals surface area contributed by atoms with Gasteiger partial charge in [0.1, 0.15) is 16.2 Å². The SMILES string of the molecule is O=c1oc2cc(OS(=O)(=O)c3ccccc3)ccc2cc1-c1ccc2c(c1)OCO2. The minimum atomic E-state index is -3.99. The second-order valence-electron chi connectivity index (χ2n) is 6.57.